The van der Waals surface area contributed by atoms with Crippen LogP contribution in [0.2, 0.25) is 0 Å². The van der Waals surface area contributed by atoms with Crippen LogP contribution in [0.1, 0.15) is 11.1 Å². The zero-order valence-corrected chi connectivity index (χ0v) is 13.6. The SMILES string of the molecule is COc1cccc(OC)c1COc1cccc(F)c1C(=N)N.Cl. The van der Waals surface area contributed by atoms with Gasteiger partial charge in [-0.05, 0) is 24.3 Å². The predicted octanol–water partition coefficient (Wildman–Crippen LogP) is 3.13. The summed E-state index contributed by atoms with van der Waals surface area (Å²) < 4.78 is 30.0. The summed E-state index contributed by atoms with van der Waals surface area (Å²) in [4.78, 5) is 0. The van der Waals surface area contributed by atoms with E-state index < -0.39 is 5.82 Å². The van der Waals surface area contributed by atoms with Crippen LogP contribution in [0.15, 0.2) is 36.4 Å². The topological polar surface area (TPSA) is 77.6 Å². The Morgan fingerprint density at radius 1 is 1.04 bits per heavy atom. The van der Waals surface area contributed by atoms with Crippen LogP contribution in [-0.4, -0.2) is 20.1 Å². The van der Waals surface area contributed by atoms with Crippen molar-refractivity contribution in [2.24, 2.45) is 5.73 Å². The Labute approximate surface area is 140 Å². The van der Waals surface area contributed by atoms with Crippen LogP contribution >= 0.6 is 12.4 Å². The first-order valence-corrected chi connectivity index (χ1v) is 6.54. The largest absolute Gasteiger partial charge is 0.496 e. The molecule has 0 saturated carbocycles. The predicted molar refractivity (Wildman–Crippen MR) is 88.5 cm³/mol. The lowest BCUT2D eigenvalue weighted by Crippen LogP contribution is -2.15. The molecule has 0 unspecified atom stereocenters. The summed E-state index contributed by atoms with van der Waals surface area (Å²) >= 11 is 0. The standard InChI is InChI=1S/C16H17FN2O3.ClH/c1-20-12-6-4-7-13(21-2)10(12)9-22-14-8-3-5-11(17)15(14)16(18)19;/h3-8H,9H2,1-2H3,(H3,18,19);1H. The first-order valence-electron chi connectivity index (χ1n) is 6.54. The van der Waals surface area contributed by atoms with Crippen molar-refractivity contribution in [3.05, 3.63) is 53.3 Å². The average Bonchev–Trinajstić information content (AvgIpc) is 2.51. The third kappa shape index (κ3) is 4.04. The number of hydrogen-bond donors (Lipinski definition) is 2. The van der Waals surface area contributed by atoms with Crippen molar-refractivity contribution >= 4 is 18.2 Å². The fourth-order valence-corrected chi connectivity index (χ4v) is 2.11. The van der Waals surface area contributed by atoms with Crippen LogP contribution in [0.3, 0.4) is 0 Å². The van der Waals surface area contributed by atoms with Gasteiger partial charge in [-0.1, -0.05) is 12.1 Å². The lowest BCUT2D eigenvalue weighted by Gasteiger charge is -2.15. The molecular formula is C16H18ClFN2O3. The number of methoxy groups -OCH3 is 2. The molecule has 0 radical (unpaired) electrons. The van der Waals surface area contributed by atoms with Crippen molar-refractivity contribution in [2.75, 3.05) is 14.2 Å². The van der Waals surface area contributed by atoms with Gasteiger partial charge in [0, 0.05) is 0 Å². The molecule has 0 saturated heterocycles. The highest BCUT2D eigenvalue weighted by Gasteiger charge is 2.15. The summed E-state index contributed by atoms with van der Waals surface area (Å²) in [7, 11) is 3.09. The van der Waals surface area contributed by atoms with E-state index in [2.05, 4.69) is 0 Å². The second-order valence-electron chi connectivity index (χ2n) is 4.46. The molecule has 2 rings (SSSR count). The zero-order chi connectivity index (χ0) is 16.1. The van der Waals surface area contributed by atoms with Gasteiger partial charge in [-0.2, -0.15) is 0 Å². The van der Waals surface area contributed by atoms with Gasteiger partial charge in [0.15, 0.2) is 0 Å². The molecule has 0 amide bonds. The van der Waals surface area contributed by atoms with Gasteiger partial charge in [-0.3, -0.25) is 5.41 Å². The first kappa shape index (κ1) is 18.6. The van der Waals surface area contributed by atoms with Crippen LogP contribution in [0.5, 0.6) is 17.2 Å². The number of halogens is 2. The maximum absolute atomic E-state index is 13.8. The number of hydrogen-bond acceptors (Lipinski definition) is 4. The number of rotatable bonds is 6. The minimum atomic E-state index is -0.600. The monoisotopic (exact) mass is 340 g/mol. The summed E-state index contributed by atoms with van der Waals surface area (Å²) in [5, 5.41) is 7.47. The smallest absolute Gasteiger partial charge is 0.137 e. The maximum atomic E-state index is 13.8. The van der Waals surface area contributed by atoms with Crippen LogP contribution in [0.25, 0.3) is 0 Å². The van der Waals surface area contributed by atoms with E-state index in [9.17, 15) is 4.39 Å². The highest BCUT2D eigenvalue weighted by Crippen LogP contribution is 2.30. The van der Waals surface area contributed by atoms with E-state index in [4.69, 9.17) is 25.4 Å². The van der Waals surface area contributed by atoms with E-state index in [1.807, 2.05) is 0 Å². The Kier molecular flexibility index (Phi) is 6.65. The Morgan fingerprint density at radius 3 is 2.09 bits per heavy atom. The highest BCUT2D eigenvalue weighted by molar-refractivity contribution is 5.97. The second-order valence-corrected chi connectivity index (χ2v) is 4.46. The fourth-order valence-electron chi connectivity index (χ4n) is 2.11. The van der Waals surface area contributed by atoms with Gasteiger partial charge in [0.05, 0.1) is 25.3 Å². The Morgan fingerprint density at radius 2 is 1.57 bits per heavy atom. The number of ether oxygens (including phenoxy) is 3. The van der Waals surface area contributed by atoms with Crippen LogP contribution in [0.4, 0.5) is 4.39 Å². The van der Waals surface area contributed by atoms with E-state index in [1.54, 1.807) is 38.5 Å². The summed E-state index contributed by atoms with van der Waals surface area (Å²) in [5.74, 6) is 0.401. The lowest BCUT2D eigenvalue weighted by atomic mass is 10.1. The van der Waals surface area contributed by atoms with Crippen LogP contribution in [-0.2, 0) is 6.61 Å². The van der Waals surface area contributed by atoms with Gasteiger partial charge in [-0.15, -0.1) is 12.4 Å². The third-order valence-corrected chi connectivity index (χ3v) is 3.15. The molecule has 0 heterocycles. The van der Waals surface area contributed by atoms with Crippen LogP contribution < -0.4 is 19.9 Å². The lowest BCUT2D eigenvalue weighted by molar-refractivity contribution is 0.284. The number of benzene rings is 2. The van der Waals surface area contributed by atoms with E-state index in [0.717, 1.165) is 0 Å². The summed E-state index contributed by atoms with van der Waals surface area (Å²) in [6.07, 6.45) is 0. The minimum Gasteiger partial charge on any atom is -0.496 e. The molecule has 0 aromatic heterocycles. The molecule has 0 aliphatic rings. The van der Waals surface area contributed by atoms with Crippen molar-refractivity contribution in [3.63, 3.8) is 0 Å². The highest BCUT2D eigenvalue weighted by atomic mass is 35.5. The van der Waals surface area contributed by atoms with Gasteiger partial charge in [0.25, 0.3) is 0 Å². The van der Waals surface area contributed by atoms with Crippen molar-refractivity contribution in [3.8, 4) is 17.2 Å². The number of nitrogens with one attached hydrogen (secondary N) is 1. The molecule has 3 N–H and O–H groups in total. The molecule has 0 spiro atoms. The molecule has 7 heteroatoms. The Balaban J connectivity index is 0.00000264. The van der Waals surface area contributed by atoms with E-state index in [0.29, 0.717) is 17.1 Å². The van der Waals surface area contributed by atoms with E-state index >= 15 is 0 Å². The molecule has 0 aliphatic heterocycles. The molecule has 5 nitrogen and oxygen atoms in total. The summed E-state index contributed by atoms with van der Waals surface area (Å²) in [5.41, 5.74) is 6.04. The Bertz CT molecular complexity index is 673. The van der Waals surface area contributed by atoms with Crippen LogP contribution in [0, 0.1) is 11.2 Å². The van der Waals surface area contributed by atoms with Gasteiger partial charge < -0.3 is 19.9 Å². The molecule has 0 fully saturated rings. The molecule has 0 atom stereocenters. The number of amidine groups is 1. The van der Waals surface area contributed by atoms with Crippen molar-refractivity contribution in [1.29, 1.82) is 5.41 Å². The molecule has 23 heavy (non-hydrogen) atoms. The fraction of sp³-hybridized carbons (Fsp3) is 0.188. The van der Waals surface area contributed by atoms with Crippen molar-refractivity contribution in [1.82, 2.24) is 0 Å². The molecule has 2 aromatic rings. The van der Waals surface area contributed by atoms with Crippen molar-refractivity contribution < 1.29 is 18.6 Å². The molecular weight excluding hydrogens is 323 g/mol. The summed E-state index contributed by atoms with van der Waals surface area (Å²) in [6, 6.07) is 9.63. The average molecular weight is 341 g/mol. The number of nitrogen functional groups attached to an aromatic ring is 1. The zero-order valence-electron chi connectivity index (χ0n) is 12.8. The van der Waals surface area contributed by atoms with Gasteiger partial charge in [0.1, 0.15) is 35.5 Å². The first-order chi connectivity index (χ1) is 10.6. The van der Waals surface area contributed by atoms with Gasteiger partial charge >= 0.3 is 0 Å². The van der Waals surface area contributed by atoms with Gasteiger partial charge in [0.2, 0.25) is 0 Å². The third-order valence-electron chi connectivity index (χ3n) is 3.15. The second kappa shape index (κ2) is 8.24. The molecule has 0 aliphatic carbocycles. The molecule has 2 aromatic carbocycles. The quantitative estimate of drug-likeness (QED) is 0.625. The Hall–Kier alpha value is -2.47. The van der Waals surface area contributed by atoms with Crippen molar-refractivity contribution in [2.45, 2.75) is 6.61 Å². The minimum absolute atomic E-state index is 0. The summed E-state index contributed by atoms with van der Waals surface area (Å²) in [6.45, 7) is 0.0942. The maximum Gasteiger partial charge on any atom is 0.137 e. The number of nitrogens with two attached hydrogens (primary N) is 1. The van der Waals surface area contributed by atoms with E-state index in [-0.39, 0.29) is 36.2 Å². The molecule has 0 bridgehead atoms. The normalized spacial score (nSPS) is 9.70. The van der Waals surface area contributed by atoms with E-state index in [1.165, 1.54) is 12.1 Å². The van der Waals surface area contributed by atoms with Gasteiger partial charge in [-0.25, -0.2) is 4.39 Å². The molecule has 124 valence electrons.